The fraction of sp³-hybridized carbons (Fsp3) is 0.387. The van der Waals surface area contributed by atoms with E-state index in [2.05, 4.69) is 20.9 Å². The van der Waals surface area contributed by atoms with Crippen molar-refractivity contribution in [2.75, 3.05) is 31.5 Å². The van der Waals surface area contributed by atoms with Gasteiger partial charge in [-0.15, -0.1) is 6.42 Å². The Kier molecular flexibility index (Phi) is 4.41. The standard InChI is InChI=1S/C31H27F4N5O2/c1-3-19-22(33)6-5-16-9-18(41)10-20(25(16)19)27-26(35)28-21(13-36-27)29(39(2)24-11-23(24)34)38-30(37-28)42-15-31-7-4-8-40(31)14-17(32)12-31/h1,5-6,9-10,13,17,23-24,41H,4,7-8,11-12,14-15H2,2H3/t17-,23-,24-,31?/m0/s1/i2D3,8D2,15D2,17D. The van der Waals surface area contributed by atoms with E-state index in [1.165, 1.54) is 12.1 Å². The maximum atomic E-state index is 16.8. The van der Waals surface area contributed by atoms with E-state index >= 15 is 8.78 Å². The summed E-state index contributed by atoms with van der Waals surface area (Å²) < 4.78 is 134. The highest BCUT2D eigenvalue weighted by atomic mass is 19.1. The molecule has 0 spiro atoms. The number of halogens is 4. The van der Waals surface area contributed by atoms with Gasteiger partial charge in [-0.25, -0.2) is 17.6 Å². The normalized spacial score (nSPS) is 31.5. The highest BCUT2D eigenvalue weighted by Crippen LogP contribution is 2.42. The predicted octanol–water partition coefficient (Wildman–Crippen LogP) is 5.31. The Morgan fingerprint density at radius 1 is 1.36 bits per heavy atom. The van der Waals surface area contributed by atoms with Gasteiger partial charge in [0.25, 0.3) is 0 Å². The molecule has 4 atom stereocenters. The molecule has 4 aromatic rings. The van der Waals surface area contributed by atoms with E-state index in [1.807, 2.05) is 0 Å². The second-order valence-corrected chi connectivity index (χ2v) is 10.5. The average molecular weight is 586 g/mol. The lowest BCUT2D eigenvalue weighted by Crippen LogP contribution is -2.43. The topological polar surface area (TPSA) is 74.6 Å². The Balaban J connectivity index is 1.46. The van der Waals surface area contributed by atoms with Crippen LogP contribution in [-0.2, 0) is 0 Å². The van der Waals surface area contributed by atoms with Gasteiger partial charge in [-0.3, -0.25) is 9.88 Å². The van der Waals surface area contributed by atoms with Gasteiger partial charge in [0.05, 0.1) is 26.6 Å². The van der Waals surface area contributed by atoms with Crippen LogP contribution in [0.2, 0.25) is 0 Å². The maximum Gasteiger partial charge on any atom is 0.319 e. The molecule has 4 heterocycles. The number of fused-ring (bicyclic) bond motifs is 3. The molecule has 2 saturated heterocycles. The summed E-state index contributed by atoms with van der Waals surface area (Å²) in [6, 6.07) is 2.51. The fourth-order valence-electron chi connectivity index (χ4n) is 5.67. The lowest BCUT2D eigenvalue weighted by molar-refractivity contribution is 0.107. The molecule has 11 heteroatoms. The quantitative estimate of drug-likeness (QED) is 0.243. The number of ether oxygens (including phenoxy) is 1. The first kappa shape index (κ1) is 19.1. The molecule has 216 valence electrons. The fourth-order valence-corrected chi connectivity index (χ4v) is 5.67. The second-order valence-electron chi connectivity index (χ2n) is 10.5. The number of rotatable bonds is 6. The lowest BCUT2D eigenvalue weighted by atomic mass is 9.95. The minimum absolute atomic E-state index is 0.00142. The number of pyridine rings is 1. The Labute approximate surface area is 250 Å². The summed E-state index contributed by atoms with van der Waals surface area (Å²) in [5.41, 5.74) is -3.71. The van der Waals surface area contributed by atoms with E-state index in [-0.39, 0.29) is 52.3 Å². The number of terminal acetylenes is 1. The summed E-state index contributed by atoms with van der Waals surface area (Å²) in [4.78, 5) is 13.8. The molecule has 1 saturated carbocycles. The Morgan fingerprint density at radius 2 is 2.19 bits per heavy atom. The number of aromatic nitrogens is 3. The highest BCUT2D eigenvalue weighted by molar-refractivity contribution is 6.03. The van der Waals surface area contributed by atoms with Gasteiger partial charge in [-0.05, 0) is 42.9 Å². The third-order valence-electron chi connectivity index (χ3n) is 7.84. The van der Waals surface area contributed by atoms with Gasteiger partial charge in [0.2, 0.25) is 0 Å². The smallest absolute Gasteiger partial charge is 0.319 e. The molecule has 0 amide bonds. The van der Waals surface area contributed by atoms with Crippen molar-refractivity contribution >= 4 is 27.5 Å². The molecule has 1 aliphatic carbocycles. The molecule has 1 N–H and O–H groups in total. The highest BCUT2D eigenvalue weighted by Gasteiger charge is 2.49. The van der Waals surface area contributed by atoms with Crippen LogP contribution in [0.5, 0.6) is 11.8 Å². The van der Waals surface area contributed by atoms with Crippen molar-refractivity contribution in [3.8, 4) is 35.4 Å². The van der Waals surface area contributed by atoms with E-state index in [0.717, 1.165) is 23.2 Å². The summed E-state index contributed by atoms with van der Waals surface area (Å²) in [7, 11) is 0. The van der Waals surface area contributed by atoms with Gasteiger partial charge in [0, 0.05) is 50.4 Å². The zero-order valence-electron chi connectivity index (χ0n) is 29.8. The Bertz CT molecular complexity index is 2130. The van der Waals surface area contributed by atoms with Crippen LogP contribution in [0.4, 0.5) is 23.4 Å². The van der Waals surface area contributed by atoms with Crippen molar-refractivity contribution in [1.29, 1.82) is 0 Å². The molecule has 2 aliphatic heterocycles. The lowest BCUT2D eigenvalue weighted by Gasteiger charge is -2.31. The summed E-state index contributed by atoms with van der Waals surface area (Å²) in [5, 5.41) is 10.3. The summed E-state index contributed by atoms with van der Waals surface area (Å²) in [6.45, 7) is -9.10. The zero-order valence-corrected chi connectivity index (χ0v) is 21.8. The summed E-state index contributed by atoms with van der Waals surface area (Å²) in [6.07, 6.45) is 0.659. The van der Waals surface area contributed by atoms with Crippen LogP contribution in [-0.4, -0.2) is 75.4 Å². The van der Waals surface area contributed by atoms with Crippen LogP contribution < -0.4 is 9.64 Å². The van der Waals surface area contributed by atoms with Crippen LogP contribution in [0.25, 0.3) is 32.9 Å². The van der Waals surface area contributed by atoms with Crippen LogP contribution >= 0.6 is 0 Å². The van der Waals surface area contributed by atoms with Crippen LogP contribution in [0.15, 0.2) is 30.5 Å². The average Bonchev–Trinajstić information content (AvgIpc) is 3.53. The Morgan fingerprint density at radius 3 is 2.95 bits per heavy atom. The van der Waals surface area contributed by atoms with E-state index in [9.17, 15) is 13.9 Å². The van der Waals surface area contributed by atoms with Crippen LogP contribution in [0, 0.1) is 24.0 Å². The van der Waals surface area contributed by atoms with E-state index in [4.69, 9.17) is 22.1 Å². The molecule has 7 nitrogen and oxygen atoms in total. The van der Waals surface area contributed by atoms with Crippen molar-refractivity contribution in [3.63, 3.8) is 0 Å². The molecular formula is C31H27F4N5O2. The zero-order chi connectivity index (χ0) is 36.3. The first-order chi connectivity index (χ1) is 23.2. The van der Waals surface area contributed by atoms with Gasteiger partial charge < -0.3 is 14.7 Å². The minimum atomic E-state index is -3.07. The number of nitrogens with zero attached hydrogens (tertiary/aromatic N) is 5. The first-order valence-electron chi connectivity index (χ1n) is 17.1. The Hall–Kier alpha value is -4.17. The van der Waals surface area contributed by atoms with Crippen molar-refractivity contribution in [2.45, 2.75) is 49.6 Å². The SMILES string of the molecule is [2H]C([2H])([2H])N(c1nc(OC([2H])([2H])C23CCC([2H])([2H])N2C[C@@]([2H])(F)C3)nc2c(F)c(-c3cc(O)cc4ccc(F)c(C#C)c34)ncc12)[C@H]1C[C@@H]1F. The molecule has 42 heavy (non-hydrogen) atoms. The summed E-state index contributed by atoms with van der Waals surface area (Å²) in [5.74, 6) is -0.851. The number of hydrogen-bond acceptors (Lipinski definition) is 7. The van der Waals surface area contributed by atoms with Gasteiger partial charge in [-0.1, -0.05) is 12.0 Å². The van der Waals surface area contributed by atoms with Crippen molar-refractivity contribution in [3.05, 3.63) is 47.7 Å². The number of benzene rings is 2. The number of aromatic hydroxyl groups is 1. The third kappa shape index (κ3) is 4.19. The molecular weight excluding hydrogens is 550 g/mol. The van der Waals surface area contributed by atoms with Gasteiger partial charge in [0.1, 0.15) is 47.5 Å². The molecule has 3 fully saturated rings. The molecule has 2 aromatic carbocycles. The second kappa shape index (κ2) is 9.70. The van der Waals surface area contributed by atoms with Gasteiger partial charge >= 0.3 is 6.01 Å². The molecule has 0 bridgehead atoms. The number of phenols is 1. The maximum absolute atomic E-state index is 16.8. The molecule has 2 aromatic heterocycles. The number of alkyl halides is 2. The largest absolute Gasteiger partial charge is 0.508 e. The molecule has 3 aliphatic rings. The van der Waals surface area contributed by atoms with Crippen LogP contribution in [0.3, 0.4) is 0 Å². The first-order valence-corrected chi connectivity index (χ1v) is 13.1. The van der Waals surface area contributed by atoms with E-state index in [0.29, 0.717) is 4.90 Å². The predicted molar refractivity (Wildman–Crippen MR) is 150 cm³/mol. The van der Waals surface area contributed by atoms with Gasteiger partial charge in [0.15, 0.2) is 5.82 Å². The van der Waals surface area contributed by atoms with E-state index in [1.54, 1.807) is 0 Å². The number of phenolic OH excluding ortho intramolecular Hbond substituents is 1. The van der Waals surface area contributed by atoms with Crippen molar-refractivity contribution < 1.29 is 38.4 Å². The van der Waals surface area contributed by atoms with Gasteiger partial charge in [-0.2, -0.15) is 9.97 Å². The molecule has 1 unspecified atom stereocenters. The molecule has 7 rings (SSSR count). The third-order valence-corrected chi connectivity index (χ3v) is 7.84. The van der Waals surface area contributed by atoms with E-state index < -0.39 is 91.6 Å². The summed E-state index contributed by atoms with van der Waals surface area (Å²) >= 11 is 0. The minimum Gasteiger partial charge on any atom is -0.508 e. The molecule has 0 radical (unpaired) electrons. The number of hydrogen-bond donors (Lipinski definition) is 1. The number of anilines is 1. The van der Waals surface area contributed by atoms with Crippen LogP contribution in [0.1, 0.15) is 42.2 Å². The van der Waals surface area contributed by atoms with Crippen molar-refractivity contribution in [1.82, 2.24) is 19.9 Å². The monoisotopic (exact) mass is 585 g/mol. The van der Waals surface area contributed by atoms with Crippen molar-refractivity contribution in [2.24, 2.45) is 0 Å².